The summed E-state index contributed by atoms with van der Waals surface area (Å²) in [5.74, 6) is 0.242. The third-order valence-electron chi connectivity index (χ3n) is 5.41. The maximum Gasteiger partial charge on any atom is 0.229 e. The monoisotopic (exact) mass is 488 g/mol. The van der Waals surface area contributed by atoms with Crippen LogP contribution in [0, 0.1) is 47.8 Å². The molecule has 0 spiro atoms. The Labute approximate surface area is 212 Å². The highest BCUT2D eigenvalue weighted by Crippen LogP contribution is 2.34. The van der Waals surface area contributed by atoms with E-state index in [1.54, 1.807) is 48.2 Å². The quantitative estimate of drug-likeness (QED) is 0.298. The highest BCUT2D eigenvalue weighted by molar-refractivity contribution is 7.09. The molecule has 2 heterocycles. The molecule has 174 valence electrons. The van der Waals surface area contributed by atoms with Crippen molar-refractivity contribution in [2.45, 2.75) is 19.8 Å². The van der Waals surface area contributed by atoms with Crippen molar-refractivity contribution in [2.24, 2.45) is 0 Å². The molecule has 36 heavy (non-hydrogen) atoms. The van der Waals surface area contributed by atoms with E-state index in [1.165, 1.54) is 17.4 Å². The zero-order valence-electron chi connectivity index (χ0n) is 19.5. The fourth-order valence-corrected chi connectivity index (χ4v) is 4.40. The number of benzene rings is 2. The van der Waals surface area contributed by atoms with Crippen LogP contribution in [0.15, 0.2) is 60.4 Å². The minimum atomic E-state index is -0.595. The molecule has 0 radical (unpaired) electrons. The number of nitrogens with zero attached hydrogens (tertiary/aromatic N) is 6. The predicted octanol–water partition coefficient (Wildman–Crippen LogP) is 6.10. The Bertz CT molecular complexity index is 1510. The number of anilines is 4. The molecule has 2 aromatic carbocycles. The van der Waals surface area contributed by atoms with Crippen molar-refractivity contribution in [3.8, 4) is 18.2 Å². The van der Waals surface area contributed by atoms with Crippen LogP contribution >= 0.6 is 11.3 Å². The number of hydrogen-bond donors (Lipinski definition) is 2. The van der Waals surface area contributed by atoms with E-state index in [0.717, 1.165) is 32.9 Å². The molecule has 0 saturated heterocycles. The van der Waals surface area contributed by atoms with Gasteiger partial charge in [0.15, 0.2) is 0 Å². The Kier molecular flexibility index (Phi) is 7.31. The summed E-state index contributed by atoms with van der Waals surface area (Å²) in [4.78, 5) is 14.1. The summed E-state index contributed by atoms with van der Waals surface area (Å²) in [6, 6.07) is 17.4. The highest BCUT2D eigenvalue weighted by Gasteiger charge is 2.22. The molecule has 0 amide bonds. The smallest absolute Gasteiger partial charge is 0.229 e. The topological polar surface area (TPSA) is 134 Å². The second kappa shape index (κ2) is 10.9. The van der Waals surface area contributed by atoms with Gasteiger partial charge in [0.25, 0.3) is 0 Å². The van der Waals surface area contributed by atoms with Crippen LogP contribution < -0.4 is 10.6 Å². The summed E-state index contributed by atoms with van der Waals surface area (Å²) in [5, 5.41) is 34.5. The molecule has 1 atom stereocenters. The van der Waals surface area contributed by atoms with Gasteiger partial charge in [-0.1, -0.05) is 0 Å². The zero-order chi connectivity index (χ0) is 25.5. The number of aryl methyl sites for hydroxylation is 2. The van der Waals surface area contributed by atoms with Gasteiger partial charge >= 0.3 is 0 Å². The lowest BCUT2D eigenvalue weighted by Gasteiger charge is -2.18. The number of rotatable bonds is 7. The van der Waals surface area contributed by atoms with Gasteiger partial charge in [-0.15, -0.1) is 11.3 Å². The van der Waals surface area contributed by atoms with Crippen LogP contribution in [0.4, 0.5) is 23.1 Å². The molecule has 2 N–H and O–H groups in total. The molecule has 4 rings (SSSR count). The average molecular weight is 489 g/mol. The van der Waals surface area contributed by atoms with Gasteiger partial charge in [0.05, 0.1) is 29.3 Å². The normalized spacial score (nSPS) is 11.3. The van der Waals surface area contributed by atoms with Crippen LogP contribution in [0.5, 0.6) is 0 Å². The maximum absolute atomic E-state index is 9.99. The number of hydrogen-bond acceptors (Lipinski definition) is 9. The standard InChI is InChI=1S/C27H20N8S/c1-17-10-20(4-3-9-28)11-18(2)25(17)34-26-23(22(13-30)24-15-31-16-36-24)14-32-27(35-26)33-21-7-5-19(12-29)6-8-21/h3-8,10-11,14-16,22H,1-2H3,(H2,32,33,34,35)/b4-3+. The van der Waals surface area contributed by atoms with Crippen LogP contribution in [-0.4, -0.2) is 15.0 Å². The van der Waals surface area contributed by atoms with Crippen LogP contribution in [-0.2, 0) is 0 Å². The Balaban J connectivity index is 1.76. The van der Waals surface area contributed by atoms with Crippen molar-refractivity contribution in [3.05, 3.63) is 93.1 Å². The van der Waals surface area contributed by atoms with Crippen molar-refractivity contribution in [1.29, 1.82) is 15.8 Å². The third-order valence-corrected chi connectivity index (χ3v) is 6.25. The SMILES string of the molecule is Cc1cc(/C=C/C#N)cc(C)c1Nc1nc(Nc2ccc(C#N)cc2)ncc1C(C#N)c1cncs1. The summed E-state index contributed by atoms with van der Waals surface area (Å²) in [6.07, 6.45) is 6.52. The van der Waals surface area contributed by atoms with Gasteiger partial charge in [-0.05, 0) is 73.0 Å². The molecule has 1 unspecified atom stereocenters. The summed E-state index contributed by atoms with van der Waals surface area (Å²) >= 11 is 1.40. The van der Waals surface area contributed by atoms with E-state index >= 15 is 0 Å². The number of thiazole rings is 1. The summed E-state index contributed by atoms with van der Waals surface area (Å²) in [5.41, 5.74) is 7.30. The molecule has 0 aliphatic rings. The molecular formula is C27H20N8S. The number of aromatic nitrogens is 3. The minimum Gasteiger partial charge on any atom is -0.339 e. The maximum atomic E-state index is 9.99. The van der Waals surface area contributed by atoms with Crippen molar-refractivity contribution >= 4 is 40.6 Å². The predicted molar refractivity (Wildman–Crippen MR) is 140 cm³/mol. The van der Waals surface area contributed by atoms with E-state index in [4.69, 9.17) is 15.5 Å². The molecule has 0 saturated carbocycles. The largest absolute Gasteiger partial charge is 0.339 e. The lowest BCUT2D eigenvalue weighted by atomic mass is 10.00. The first-order valence-electron chi connectivity index (χ1n) is 10.9. The lowest BCUT2D eigenvalue weighted by molar-refractivity contribution is 1.01. The zero-order valence-corrected chi connectivity index (χ0v) is 20.3. The van der Waals surface area contributed by atoms with Crippen molar-refractivity contribution in [1.82, 2.24) is 15.0 Å². The number of nitrogens with one attached hydrogen (secondary N) is 2. The van der Waals surface area contributed by atoms with Gasteiger partial charge in [-0.2, -0.15) is 20.8 Å². The molecule has 2 aromatic heterocycles. The van der Waals surface area contributed by atoms with Gasteiger partial charge in [0.2, 0.25) is 5.95 Å². The van der Waals surface area contributed by atoms with Crippen molar-refractivity contribution in [3.63, 3.8) is 0 Å². The van der Waals surface area contributed by atoms with Crippen molar-refractivity contribution < 1.29 is 0 Å². The number of allylic oxidation sites excluding steroid dienone is 1. The van der Waals surface area contributed by atoms with E-state index in [-0.39, 0.29) is 0 Å². The van der Waals surface area contributed by atoms with Crippen LogP contribution in [0.3, 0.4) is 0 Å². The van der Waals surface area contributed by atoms with Crippen LogP contribution in [0.25, 0.3) is 6.08 Å². The van der Waals surface area contributed by atoms with Gasteiger partial charge in [0, 0.05) is 40.3 Å². The fraction of sp³-hybridized carbons (Fsp3) is 0.111. The van der Waals surface area contributed by atoms with Crippen LogP contribution in [0.1, 0.15) is 38.6 Å². The summed E-state index contributed by atoms with van der Waals surface area (Å²) < 4.78 is 0. The molecule has 4 aromatic rings. The molecule has 0 aliphatic carbocycles. The first kappa shape index (κ1) is 24.1. The molecule has 0 fully saturated rings. The molecular weight excluding hydrogens is 468 g/mol. The Hall–Kier alpha value is -5.04. The molecule has 8 nitrogen and oxygen atoms in total. The average Bonchev–Trinajstić information content (AvgIpc) is 3.41. The van der Waals surface area contributed by atoms with Gasteiger partial charge in [-0.3, -0.25) is 4.98 Å². The molecule has 9 heteroatoms. The molecule has 0 bridgehead atoms. The van der Waals surface area contributed by atoms with E-state index in [9.17, 15) is 5.26 Å². The van der Waals surface area contributed by atoms with Gasteiger partial charge in [-0.25, -0.2) is 4.98 Å². The van der Waals surface area contributed by atoms with Gasteiger partial charge in [0.1, 0.15) is 11.7 Å². The highest BCUT2D eigenvalue weighted by atomic mass is 32.1. The van der Waals surface area contributed by atoms with E-state index in [2.05, 4.69) is 32.7 Å². The first-order valence-corrected chi connectivity index (χ1v) is 11.8. The Morgan fingerprint density at radius 2 is 1.75 bits per heavy atom. The lowest BCUT2D eigenvalue weighted by Crippen LogP contribution is -2.09. The second-order valence-corrected chi connectivity index (χ2v) is 8.81. The first-order chi connectivity index (χ1) is 17.5. The van der Waals surface area contributed by atoms with E-state index in [1.807, 2.05) is 32.0 Å². The Morgan fingerprint density at radius 3 is 2.36 bits per heavy atom. The minimum absolute atomic E-state index is 0.343. The number of nitriles is 3. The van der Waals surface area contributed by atoms with E-state index < -0.39 is 5.92 Å². The van der Waals surface area contributed by atoms with Crippen LogP contribution in [0.2, 0.25) is 0 Å². The van der Waals surface area contributed by atoms with Gasteiger partial charge < -0.3 is 10.6 Å². The fourth-order valence-electron chi connectivity index (χ4n) is 3.72. The Morgan fingerprint density at radius 1 is 1.00 bits per heavy atom. The second-order valence-electron chi connectivity index (χ2n) is 7.89. The van der Waals surface area contributed by atoms with E-state index in [0.29, 0.717) is 22.9 Å². The summed E-state index contributed by atoms with van der Waals surface area (Å²) in [6.45, 7) is 3.95. The molecule has 0 aliphatic heterocycles. The van der Waals surface area contributed by atoms with Crippen molar-refractivity contribution in [2.75, 3.05) is 10.6 Å². The third kappa shape index (κ3) is 5.37. The summed E-state index contributed by atoms with van der Waals surface area (Å²) in [7, 11) is 0.